The van der Waals surface area contributed by atoms with Gasteiger partial charge in [-0.25, -0.2) is 0 Å². The highest BCUT2D eigenvalue weighted by molar-refractivity contribution is 7.16. The topological polar surface area (TPSA) is 32.5 Å². The van der Waals surface area contributed by atoms with Gasteiger partial charge in [0.15, 0.2) is 0 Å². The first-order chi connectivity index (χ1) is 9.15. The maximum absolute atomic E-state index is 6.25. The molecule has 0 bridgehead atoms. The zero-order valence-corrected chi connectivity index (χ0v) is 13.0. The Hall–Kier alpha value is -0.130. The normalized spacial score (nSPS) is 28.3. The summed E-state index contributed by atoms with van der Waals surface area (Å²) in [6.07, 6.45) is 2.69. The third kappa shape index (κ3) is 2.83. The molecule has 19 heavy (non-hydrogen) atoms. The number of nitrogens with zero attached hydrogens (tertiary/aromatic N) is 2. The second-order valence-corrected chi connectivity index (χ2v) is 7.52. The number of hydrogen-bond donors (Lipinski definition) is 1. The number of hydrogen-bond acceptors (Lipinski definition) is 4. The minimum atomic E-state index is 0.141. The fraction of sp³-hybridized carbons (Fsp3) is 0.714. The highest BCUT2D eigenvalue weighted by Crippen LogP contribution is 2.34. The second kappa shape index (κ2) is 5.70. The van der Waals surface area contributed by atoms with Gasteiger partial charge in [-0.1, -0.05) is 11.6 Å². The molecule has 2 aliphatic rings. The Morgan fingerprint density at radius 1 is 1.37 bits per heavy atom. The summed E-state index contributed by atoms with van der Waals surface area (Å²) in [6, 6.07) is 5.33. The van der Waals surface area contributed by atoms with Crippen molar-refractivity contribution in [3.05, 3.63) is 21.3 Å². The van der Waals surface area contributed by atoms with Crippen molar-refractivity contribution in [1.29, 1.82) is 0 Å². The van der Waals surface area contributed by atoms with E-state index in [2.05, 4.69) is 22.8 Å². The molecular weight excluding hydrogens is 278 g/mol. The van der Waals surface area contributed by atoms with Crippen LogP contribution in [-0.2, 0) is 0 Å². The Morgan fingerprint density at radius 2 is 2.21 bits per heavy atom. The molecule has 2 saturated heterocycles. The lowest BCUT2D eigenvalue weighted by Gasteiger charge is -2.42. The average Bonchev–Trinajstić information content (AvgIpc) is 2.97. The van der Waals surface area contributed by atoms with Gasteiger partial charge in [-0.3, -0.25) is 9.80 Å². The van der Waals surface area contributed by atoms with Crippen LogP contribution in [0.5, 0.6) is 0 Å². The van der Waals surface area contributed by atoms with Crippen molar-refractivity contribution in [2.45, 2.75) is 37.9 Å². The molecule has 0 aliphatic carbocycles. The Morgan fingerprint density at radius 3 is 2.89 bits per heavy atom. The van der Waals surface area contributed by atoms with Crippen LogP contribution in [0.3, 0.4) is 0 Å². The summed E-state index contributed by atoms with van der Waals surface area (Å²) in [7, 11) is 0. The zero-order valence-electron chi connectivity index (χ0n) is 11.4. The van der Waals surface area contributed by atoms with Crippen molar-refractivity contribution in [2.24, 2.45) is 5.73 Å². The lowest BCUT2D eigenvalue weighted by atomic mass is 10.0. The van der Waals surface area contributed by atoms with Crippen LogP contribution in [0.15, 0.2) is 12.1 Å². The van der Waals surface area contributed by atoms with Crippen LogP contribution in [0.4, 0.5) is 0 Å². The number of piperazine rings is 1. The Labute approximate surface area is 124 Å². The molecule has 3 heterocycles. The lowest BCUT2D eigenvalue weighted by Crippen LogP contribution is -2.53. The standard InChI is InChI=1S/C14H22ClN3S/c1-10(16)14(12-4-5-13(15)19-12)18-8-7-17-6-2-3-11(17)9-18/h4-5,10-11,14H,2-3,6-9,16H2,1H3. The van der Waals surface area contributed by atoms with Crippen molar-refractivity contribution < 1.29 is 0 Å². The molecule has 5 heteroatoms. The van der Waals surface area contributed by atoms with Gasteiger partial charge in [0.05, 0.1) is 10.4 Å². The van der Waals surface area contributed by atoms with Crippen LogP contribution < -0.4 is 5.73 Å². The summed E-state index contributed by atoms with van der Waals surface area (Å²) in [5.41, 5.74) is 6.25. The van der Waals surface area contributed by atoms with Gasteiger partial charge in [0, 0.05) is 36.6 Å². The summed E-state index contributed by atoms with van der Waals surface area (Å²) in [5, 5.41) is 0. The molecule has 2 aliphatic heterocycles. The van der Waals surface area contributed by atoms with Crippen LogP contribution in [0.1, 0.15) is 30.7 Å². The number of thiophene rings is 1. The lowest BCUT2D eigenvalue weighted by molar-refractivity contribution is 0.0648. The number of halogens is 1. The van der Waals surface area contributed by atoms with Crippen LogP contribution in [0.25, 0.3) is 0 Å². The van der Waals surface area contributed by atoms with Crippen molar-refractivity contribution >= 4 is 22.9 Å². The Bertz CT molecular complexity index is 434. The molecule has 1 aromatic heterocycles. The maximum atomic E-state index is 6.25. The predicted octanol–water partition coefficient (Wildman–Crippen LogP) is 2.57. The summed E-state index contributed by atoms with van der Waals surface area (Å²) < 4.78 is 0.861. The summed E-state index contributed by atoms with van der Waals surface area (Å²) in [5.74, 6) is 0. The van der Waals surface area contributed by atoms with Crippen LogP contribution in [0.2, 0.25) is 4.34 Å². The van der Waals surface area contributed by atoms with Crippen molar-refractivity contribution in [3.8, 4) is 0 Å². The fourth-order valence-electron chi connectivity index (χ4n) is 3.53. The van der Waals surface area contributed by atoms with Crippen molar-refractivity contribution in [3.63, 3.8) is 0 Å². The monoisotopic (exact) mass is 299 g/mol. The summed E-state index contributed by atoms with van der Waals surface area (Å²) in [4.78, 5) is 6.52. The molecule has 3 atom stereocenters. The van der Waals surface area contributed by atoms with Gasteiger partial charge in [-0.2, -0.15) is 0 Å². The van der Waals surface area contributed by atoms with Crippen LogP contribution in [-0.4, -0.2) is 48.1 Å². The van der Waals surface area contributed by atoms with Crippen molar-refractivity contribution in [2.75, 3.05) is 26.2 Å². The molecule has 0 spiro atoms. The molecule has 3 rings (SSSR count). The first-order valence-corrected chi connectivity index (χ1v) is 8.33. The smallest absolute Gasteiger partial charge is 0.0931 e. The molecule has 3 unspecified atom stereocenters. The Balaban J connectivity index is 1.77. The quantitative estimate of drug-likeness (QED) is 0.931. The SMILES string of the molecule is CC(N)C(c1ccc(Cl)s1)N1CCN2CCCC2C1. The van der Waals surface area contributed by atoms with E-state index >= 15 is 0 Å². The highest BCUT2D eigenvalue weighted by atomic mass is 35.5. The molecule has 3 nitrogen and oxygen atoms in total. The Kier molecular flexibility index (Phi) is 4.15. The number of rotatable bonds is 3. The first-order valence-electron chi connectivity index (χ1n) is 7.14. The van der Waals surface area contributed by atoms with E-state index in [9.17, 15) is 0 Å². The molecule has 2 fully saturated rings. The van der Waals surface area contributed by atoms with Crippen LogP contribution in [0, 0.1) is 0 Å². The van der Waals surface area contributed by atoms with E-state index < -0.39 is 0 Å². The molecular formula is C14H22ClN3S. The van der Waals surface area contributed by atoms with Gasteiger partial charge in [-0.05, 0) is 38.4 Å². The summed E-state index contributed by atoms with van der Waals surface area (Å²) in [6.45, 7) is 6.86. The van der Waals surface area contributed by atoms with E-state index in [4.69, 9.17) is 17.3 Å². The van der Waals surface area contributed by atoms with E-state index in [1.54, 1.807) is 11.3 Å². The van der Waals surface area contributed by atoms with Gasteiger partial charge < -0.3 is 5.73 Å². The molecule has 0 radical (unpaired) electrons. The molecule has 0 amide bonds. The largest absolute Gasteiger partial charge is 0.326 e. The van der Waals surface area contributed by atoms with Gasteiger partial charge >= 0.3 is 0 Å². The van der Waals surface area contributed by atoms with Gasteiger partial charge in [0.1, 0.15) is 0 Å². The highest BCUT2D eigenvalue weighted by Gasteiger charge is 2.35. The first kappa shape index (κ1) is 13.8. The fourth-order valence-corrected chi connectivity index (χ4v) is 4.84. The second-order valence-electron chi connectivity index (χ2n) is 5.77. The third-order valence-corrected chi connectivity index (χ3v) is 5.70. The maximum Gasteiger partial charge on any atom is 0.0931 e. The zero-order chi connectivity index (χ0) is 13.4. The van der Waals surface area contributed by atoms with E-state index in [0.717, 1.165) is 23.5 Å². The third-order valence-electron chi connectivity index (χ3n) is 4.40. The minimum Gasteiger partial charge on any atom is -0.326 e. The number of fused-ring (bicyclic) bond motifs is 1. The van der Waals surface area contributed by atoms with E-state index in [0.29, 0.717) is 6.04 Å². The molecule has 0 aromatic carbocycles. The molecule has 106 valence electrons. The van der Waals surface area contributed by atoms with Gasteiger partial charge in [0.2, 0.25) is 0 Å². The van der Waals surface area contributed by atoms with Crippen LogP contribution >= 0.6 is 22.9 Å². The molecule has 1 aromatic rings. The van der Waals surface area contributed by atoms with Crippen molar-refractivity contribution in [1.82, 2.24) is 9.80 Å². The average molecular weight is 300 g/mol. The molecule has 0 saturated carbocycles. The molecule has 2 N–H and O–H groups in total. The van der Waals surface area contributed by atoms with Gasteiger partial charge in [0.25, 0.3) is 0 Å². The minimum absolute atomic E-state index is 0.141. The number of nitrogens with two attached hydrogens (primary N) is 1. The van der Waals surface area contributed by atoms with Gasteiger partial charge in [-0.15, -0.1) is 11.3 Å². The summed E-state index contributed by atoms with van der Waals surface area (Å²) >= 11 is 7.76. The van der Waals surface area contributed by atoms with E-state index in [-0.39, 0.29) is 6.04 Å². The van der Waals surface area contributed by atoms with E-state index in [1.807, 2.05) is 6.07 Å². The predicted molar refractivity (Wildman–Crippen MR) is 81.9 cm³/mol. The van der Waals surface area contributed by atoms with E-state index in [1.165, 1.54) is 30.8 Å².